The lowest BCUT2D eigenvalue weighted by molar-refractivity contribution is -0.113. The van der Waals surface area contributed by atoms with Gasteiger partial charge in [-0.05, 0) is 30.3 Å². The highest BCUT2D eigenvalue weighted by Gasteiger charge is 2.16. The highest BCUT2D eigenvalue weighted by atomic mass is 35.5. The largest absolute Gasteiger partial charge is 0.461 e. The van der Waals surface area contributed by atoms with Crippen LogP contribution in [0.3, 0.4) is 0 Å². The third-order valence-corrected chi connectivity index (χ3v) is 5.01. The van der Waals surface area contributed by atoms with Crippen LogP contribution < -0.4 is 5.32 Å². The van der Waals surface area contributed by atoms with Crippen molar-refractivity contribution >= 4 is 46.6 Å². The number of rotatable bonds is 7. The molecule has 0 saturated carbocycles. The minimum atomic E-state index is -0.193. The number of nitrogens with zero attached hydrogens (tertiary/aromatic N) is 3. The lowest BCUT2D eigenvalue weighted by atomic mass is 10.3. The van der Waals surface area contributed by atoms with E-state index in [4.69, 9.17) is 27.6 Å². The van der Waals surface area contributed by atoms with Crippen LogP contribution >= 0.6 is 35.0 Å². The number of amides is 1. The Morgan fingerprint density at radius 2 is 2.15 bits per heavy atom. The molecule has 0 aliphatic carbocycles. The molecule has 9 heteroatoms. The predicted octanol–water partition coefficient (Wildman–Crippen LogP) is 4.76. The maximum Gasteiger partial charge on any atom is 0.234 e. The Labute approximate surface area is 164 Å². The van der Waals surface area contributed by atoms with E-state index in [0.717, 1.165) is 0 Å². The fraction of sp³-hybridized carbons (Fsp3) is 0.118. The Kier molecular flexibility index (Phi) is 6.03. The number of allylic oxidation sites excluding steroid dienone is 1. The van der Waals surface area contributed by atoms with Crippen molar-refractivity contribution in [3.05, 3.63) is 59.3 Å². The molecule has 0 bridgehead atoms. The van der Waals surface area contributed by atoms with Gasteiger partial charge in [0.2, 0.25) is 11.7 Å². The van der Waals surface area contributed by atoms with Gasteiger partial charge < -0.3 is 9.73 Å². The third kappa shape index (κ3) is 4.30. The van der Waals surface area contributed by atoms with Crippen molar-refractivity contribution in [1.29, 1.82) is 0 Å². The van der Waals surface area contributed by atoms with Crippen molar-refractivity contribution < 1.29 is 9.21 Å². The molecule has 3 rings (SSSR count). The van der Waals surface area contributed by atoms with Crippen molar-refractivity contribution in [3.63, 3.8) is 0 Å². The summed E-state index contributed by atoms with van der Waals surface area (Å²) in [6.07, 6.45) is 3.30. The standard InChI is InChI=1S/C17H14Cl2N4O2S/c1-2-7-23-16(14-4-3-8-25-14)21-22-17(23)26-10-15(24)20-11-5-6-12(18)13(19)9-11/h2-6,8-9H,1,7,10H2,(H,20,24). The number of benzene rings is 1. The molecule has 0 spiro atoms. The lowest BCUT2D eigenvalue weighted by Crippen LogP contribution is -2.14. The van der Waals surface area contributed by atoms with Gasteiger partial charge in [-0.15, -0.1) is 16.8 Å². The quantitative estimate of drug-likeness (QED) is 0.450. The molecule has 2 aromatic heterocycles. The van der Waals surface area contributed by atoms with Crippen LogP contribution in [0.4, 0.5) is 5.69 Å². The summed E-state index contributed by atoms with van der Waals surface area (Å²) in [7, 11) is 0. The summed E-state index contributed by atoms with van der Waals surface area (Å²) in [6, 6.07) is 8.49. The number of carbonyl (C=O) groups excluding carboxylic acids is 1. The van der Waals surface area contributed by atoms with Gasteiger partial charge in [0.1, 0.15) is 0 Å². The van der Waals surface area contributed by atoms with Gasteiger partial charge in [0.25, 0.3) is 0 Å². The maximum absolute atomic E-state index is 12.2. The molecule has 1 aromatic carbocycles. The normalized spacial score (nSPS) is 10.7. The van der Waals surface area contributed by atoms with Crippen LogP contribution in [0.1, 0.15) is 0 Å². The SMILES string of the molecule is C=CCn1c(SCC(=O)Nc2ccc(Cl)c(Cl)c2)nnc1-c1ccco1. The summed E-state index contributed by atoms with van der Waals surface area (Å²) in [5.74, 6) is 1.16. The van der Waals surface area contributed by atoms with Gasteiger partial charge >= 0.3 is 0 Å². The molecule has 0 fully saturated rings. The Bertz CT molecular complexity index is 925. The van der Waals surface area contributed by atoms with E-state index < -0.39 is 0 Å². The van der Waals surface area contributed by atoms with Gasteiger partial charge in [-0.1, -0.05) is 41.0 Å². The average Bonchev–Trinajstić information content (AvgIpc) is 3.26. The van der Waals surface area contributed by atoms with Crippen LogP contribution in [0.2, 0.25) is 10.0 Å². The minimum absolute atomic E-state index is 0.160. The van der Waals surface area contributed by atoms with Crippen LogP contribution in [-0.4, -0.2) is 26.4 Å². The second-order valence-electron chi connectivity index (χ2n) is 5.15. The van der Waals surface area contributed by atoms with Crippen molar-refractivity contribution in [2.24, 2.45) is 0 Å². The molecule has 0 radical (unpaired) electrons. The zero-order chi connectivity index (χ0) is 18.5. The number of anilines is 1. The zero-order valence-corrected chi connectivity index (χ0v) is 15.8. The third-order valence-electron chi connectivity index (χ3n) is 3.31. The lowest BCUT2D eigenvalue weighted by Gasteiger charge is -2.07. The first kappa shape index (κ1) is 18.6. The van der Waals surface area contributed by atoms with Crippen molar-refractivity contribution in [2.45, 2.75) is 11.7 Å². The number of nitrogens with one attached hydrogen (secondary N) is 1. The smallest absolute Gasteiger partial charge is 0.234 e. The molecule has 1 N–H and O–H groups in total. The summed E-state index contributed by atoms with van der Waals surface area (Å²) in [6.45, 7) is 4.25. The molecule has 0 unspecified atom stereocenters. The van der Waals surface area contributed by atoms with E-state index in [1.165, 1.54) is 11.8 Å². The molecule has 134 valence electrons. The van der Waals surface area contributed by atoms with E-state index >= 15 is 0 Å². The molecule has 0 aliphatic heterocycles. The van der Waals surface area contributed by atoms with E-state index in [1.54, 1.807) is 42.7 Å². The average molecular weight is 409 g/mol. The highest BCUT2D eigenvalue weighted by Crippen LogP contribution is 2.26. The predicted molar refractivity (Wildman–Crippen MR) is 104 cm³/mol. The monoisotopic (exact) mass is 408 g/mol. The Morgan fingerprint density at radius 3 is 2.85 bits per heavy atom. The molecule has 3 aromatic rings. The molecule has 1 amide bonds. The second kappa shape index (κ2) is 8.44. The number of hydrogen-bond donors (Lipinski definition) is 1. The van der Waals surface area contributed by atoms with E-state index in [1.807, 2.05) is 4.57 Å². The molecular formula is C17H14Cl2N4O2S. The van der Waals surface area contributed by atoms with Crippen LogP contribution in [0.5, 0.6) is 0 Å². The molecule has 0 aliphatic rings. The van der Waals surface area contributed by atoms with Gasteiger partial charge in [-0.3, -0.25) is 9.36 Å². The summed E-state index contributed by atoms with van der Waals surface area (Å²) in [5.41, 5.74) is 0.578. The van der Waals surface area contributed by atoms with E-state index in [0.29, 0.717) is 39.0 Å². The first-order valence-electron chi connectivity index (χ1n) is 7.54. The highest BCUT2D eigenvalue weighted by molar-refractivity contribution is 7.99. The second-order valence-corrected chi connectivity index (χ2v) is 6.91. The molecule has 0 atom stereocenters. The molecule has 6 nitrogen and oxygen atoms in total. The topological polar surface area (TPSA) is 73.0 Å². The van der Waals surface area contributed by atoms with E-state index in [-0.39, 0.29) is 11.7 Å². The Morgan fingerprint density at radius 1 is 1.31 bits per heavy atom. The van der Waals surface area contributed by atoms with Crippen LogP contribution in [0.15, 0.2) is 58.8 Å². The molecular weight excluding hydrogens is 395 g/mol. The van der Waals surface area contributed by atoms with Gasteiger partial charge in [0, 0.05) is 12.2 Å². The zero-order valence-electron chi connectivity index (χ0n) is 13.5. The first-order chi connectivity index (χ1) is 12.6. The fourth-order valence-corrected chi connectivity index (χ4v) is 3.22. The number of halogens is 2. The van der Waals surface area contributed by atoms with Gasteiger partial charge in [-0.2, -0.15) is 0 Å². The number of thioether (sulfide) groups is 1. The Hall–Kier alpha value is -2.22. The van der Waals surface area contributed by atoms with E-state index in [9.17, 15) is 4.79 Å². The molecule has 26 heavy (non-hydrogen) atoms. The number of hydrogen-bond acceptors (Lipinski definition) is 5. The number of furan rings is 1. The van der Waals surface area contributed by atoms with Crippen molar-refractivity contribution in [3.8, 4) is 11.6 Å². The van der Waals surface area contributed by atoms with Crippen LogP contribution in [0.25, 0.3) is 11.6 Å². The van der Waals surface area contributed by atoms with Crippen LogP contribution in [0, 0.1) is 0 Å². The summed E-state index contributed by atoms with van der Waals surface area (Å²) in [5, 5.41) is 12.5. The number of carbonyl (C=O) groups is 1. The van der Waals surface area contributed by atoms with Crippen molar-refractivity contribution in [1.82, 2.24) is 14.8 Å². The summed E-state index contributed by atoms with van der Waals surface area (Å²) in [4.78, 5) is 12.2. The number of aromatic nitrogens is 3. The van der Waals surface area contributed by atoms with E-state index in [2.05, 4.69) is 22.1 Å². The Balaban J connectivity index is 1.68. The van der Waals surface area contributed by atoms with Gasteiger partial charge in [0.15, 0.2) is 10.9 Å². The molecule has 2 heterocycles. The van der Waals surface area contributed by atoms with Crippen LogP contribution in [-0.2, 0) is 11.3 Å². The minimum Gasteiger partial charge on any atom is -0.461 e. The summed E-state index contributed by atoms with van der Waals surface area (Å²) >= 11 is 13.1. The fourth-order valence-electron chi connectivity index (χ4n) is 2.18. The van der Waals surface area contributed by atoms with Gasteiger partial charge in [0.05, 0.1) is 22.1 Å². The van der Waals surface area contributed by atoms with Gasteiger partial charge in [-0.25, -0.2) is 0 Å². The summed E-state index contributed by atoms with van der Waals surface area (Å²) < 4.78 is 7.21. The van der Waals surface area contributed by atoms with Crippen molar-refractivity contribution in [2.75, 3.05) is 11.1 Å². The maximum atomic E-state index is 12.2. The first-order valence-corrected chi connectivity index (χ1v) is 9.28. The molecule has 0 saturated heterocycles.